The van der Waals surface area contributed by atoms with Crippen molar-refractivity contribution in [3.8, 4) is 0 Å². The van der Waals surface area contributed by atoms with Crippen molar-refractivity contribution in [3.63, 3.8) is 0 Å². The predicted octanol–water partition coefficient (Wildman–Crippen LogP) is 0.487. The van der Waals surface area contributed by atoms with Gasteiger partial charge in [0.15, 0.2) is 0 Å². The lowest BCUT2D eigenvalue weighted by molar-refractivity contribution is -0.124. The van der Waals surface area contributed by atoms with Crippen molar-refractivity contribution < 1.29 is 22.6 Å². The van der Waals surface area contributed by atoms with Crippen LogP contribution < -0.4 is 5.32 Å². The summed E-state index contributed by atoms with van der Waals surface area (Å²) < 4.78 is 28.3. The van der Waals surface area contributed by atoms with Gasteiger partial charge in [-0.1, -0.05) is 19.8 Å². The van der Waals surface area contributed by atoms with Crippen LogP contribution in [0.1, 0.15) is 39.0 Å². The summed E-state index contributed by atoms with van der Waals surface area (Å²) in [5.41, 5.74) is 0. The molecule has 94 valence electrons. The van der Waals surface area contributed by atoms with E-state index in [4.69, 9.17) is 4.55 Å². The number of hydrogen-bond acceptors (Lipinski definition) is 4. The Hall–Kier alpha value is -0.950. The number of carbonyl (C=O) groups excluding carboxylic acids is 2. The van der Waals surface area contributed by atoms with Gasteiger partial charge in [0.05, 0.1) is 5.75 Å². The lowest BCUT2D eigenvalue weighted by Crippen LogP contribution is -2.18. The minimum Gasteiger partial charge on any atom is -0.296 e. The monoisotopic (exact) mass is 251 g/mol. The van der Waals surface area contributed by atoms with Gasteiger partial charge in [0.1, 0.15) is 0 Å². The second kappa shape index (κ2) is 7.34. The van der Waals surface area contributed by atoms with E-state index in [9.17, 15) is 18.0 Å². The first-order valence-corrected chi connectivity index (χ1v) is 6.74. The van der Waals surface area contributed by atoms with Crippen LogP contribution in [0.25, 0.3) is 0 Å². The molecule has 1 saturated heterocycles. The Kier molecular flexibility index (Phi) is 6.91. The zero-order valence-corrected chi connectivity index (χ0v) is 10.0. The molecule has 0 aromatic rings. The molecule has 7 heteroatoms. The molecule has 2 N–H and O–H groups in total. The zero-order chi connectivity index (χ0) is 12.6. The number of nitrogens with one attached hydrogen (secondary N) is 1. The molecule has 0 aromatic carbocycles. The van der Waals surface area contributed by atoms with Gasteiger partial charge in [0.2, 0.25) is 11.8 Å². The van der Waals surface area contributed by atoms with Crippen LogP contribution in [0.2, 0.25) is 0 Å². The van der Waals surface area contributed by atoms with Gasteiger partial charge in [0.25, 0.3) is 10.1 Å². The van der Waals surface area contributed by atoms with E-state index in [0.717, 1.165) is 12.8 Å². The molecule has 0 saturated carbocycles. The molecule has 1 aliphatic rings. The van der Waals surface area contributed by atoms with E-state index in [-0.39, 0.29) is 17.6 Å². The number of amides is 2. The smallest absolute Gasteiger partial charge is 0.264 e. The number of hydrogen-bond donors (Lipinski definition) is 2. The Bertz CT molecular complexity index is 322. The lowest BCUT2D eigenvalue weighted by Gasteiger charge is -1.92. The summed E-state index contributed by atoms with van der Waals surface area (Å²) in [6.07, 6.45) is 3.14. The van der Waals surface area contributed by atoms with Crippen LogP contribution in [0.5, 0.6) is 0 Å². The SMILES string of the molecule is CCCCCS(=O)(=O)O.O=C1CCC(=O)N1. The minimum absolute atomic E-state index is 0.0964. The molecule has 1 rings (SSSR count). The number of carbonyl (C=O) groups is 2. The van der Waals surface area contributed by atoms with Gasteiger partial charge < -0.3 is 0 Å². The molecule has 0 bridgehead atoms. The van der Waals surface area contributed by atoms with E-state index in [1.807, 2.05) is 6.92 Å². The van der Waals surface area contributed by atoms with Crippen molar-refractivity contribution in [2.45, 2.75) is 39.0 Å². The first kappa shape index (κ1) is 15.0. The fourth-order valence-corrected chi connectivity index (χ4v) is 1.61. The molecule has 2 amide bonds. The highest BCUT2D eigenvalue weighted by molar-refractivity contribution is 7.85. The molecule has 0 aromatic heterocycles. The second-order valence-electron chi connectivity index (χ2n) is 3.46. The van der Waals surface area contributed by atoms with E-state index in [2.05, 4.69) is 5.32 Å². The predicted molar refractivity (Wildman–Crippen MR) is 58.3 cm³/mol. The average Bonchev–Trinajstić information content (AvgIpc) is 2.49. The number of unbranched alkanes of at least 4 members (excludes halogenated alkanes) is 2. The highest BCUT2D eigenvalue weighted by atomic mass is 32.2. The van der Waals surface area contributed by atoms with Crippen LogP contribution in [0.15, 0.2) is 0 Å². The molecule has 1 heterocycles. The van der Waals surface area contributed by atoms with Gasteiger partial charge in [-0.05, 0) is 6.42 Å². The van der Waals surface area contributed by atoms with Crippen molar-refractivity contribution in [3.05, 3.63) is 0 Å². The molecule has 0 atom stereocenters. The normalized spacial score (nSPS) is 15.4. The van der Waals surface area contributed by atoms with Gasteiger partial charge in [-0.2, -0.15) is 8.42 Å². The number of rotatable bonds is 4. The lowest BCUT2D eigenvalue weighted by atomic mass is 10.3. The maximum absolute atomic E-state index is 10.1. The molecule has 0 unspecified atom stereocenters. The van der Waals surface area contributed by atoms with E-state index in [0.29, 0.717) is 19.3 Å². The van der Waals surface area contributed by atoms with Gasteiger partial charge >= 0.3 is 0 Å². The third-order valence-corrected chi connectivity index (χ3v) is 2.67. The third-order valence-electron chi connectivity index (χ3n) is 1.86. The fraction of sp³-hybridized carbons (Fsp3) is 0.778. The molecule has 1 aliphatic heterocycles. The Morgan fingerprint density at radius 1 is 1.19 bits per heavy atom. The maximum atomic E-state index is 10.1. The summed E-state index contributed by atoms with van der Waals surface area (Å²) in [6.45, 7) is 1.98. The topological polar surface area (TPSA) is 101 Å². The van der Waals surface area contributed by atoms with E-state index >= 15 is 0 Å². The second-order valence-corrected chi connectivity index (χ2v) is 5.04. The highest BCUT2D eigenvalue weighted by Crippen LogP contribution is 1.96. The molecule has 1 fully saturated rings. The summed E-state index contributed by atoms with van der Waals surface area (Å²) in [4.78, 5) is 20.2. The van der Waals surface area contributed by atoms with Gasteiger partial charge in [-0.3, -0.25) is 19.5 Å². The standard InChI is InChI=1S/C5H12O3S.C4H5NO2/c1-2-3-4-5-9(6,7)8;6-3-1-2-4(7)5-3/h2-5H2,1H3,(H,6,7,8);1-2H2,(H,5,6,7). The fourth-order valence-electron chi connectivity index (χ4n) is 1.04. The Morgan fingerprint density at radius 3 is 1.94 bits per heavy atom. The Labute approximate surface area is 95.2 Å². The average molecular weight is 251 g/mol. The van der Waals surface area contributed by atoms with Crippen LogP contribution >= 0.6 is 0 Å². The quantitative estimate of drug-likeness (QED) is 0.430. The van der Waals surface area contributed by atoms with Gasteiger partial charge in [-0.15, -0.1) is 0 Å². The van der Waals surface area contributed by atoms with Gasteiger partial charge in [-0.25, -0.2) is 0 Å². The summed E-state index contributed by atoms with van der Waals surface area (Å²) in [6, 6.07) is 0. The van der Waals surface area contributed by atoms with E-state index in [1.54, 1.807) is 0 Å². The first-order chi connectivity index (χ1) is 7.35. The van der Waals surface area contributed by atoms with E-state index < -0.39 is 10.1 Å². The van der Waals surface area contributed by atoms with Crippen LogP contribution in [0.3, 0.4) is 0 Å². The summed E-state index contributed by atoms with van der Waals surface area (Å²) in [7, 11) is -3.70. The van der Waals surface area contributed by atoms with Crippen molar-refractivity contribution in [2.75, 3.05) is 5.75 Å². The summed E-state index contributed by atoms with van der Waals surface area (Å²) in [5, 5.41) is 2.14. The highest BCUT2D eigenvalue weighted by Gasteiger charge is 2.15. The summed E-state index contributed by atoms with van der Waals surface area (Å²) in [5.74, 6) is -0.393. The van der Waals surface area contributed by atoms with Crippen LogP contribution in [0, 0.1) is 0 Å². The zero-order valence-electron chi connectivity index (χ0n) is 9.23. The molecule has 0 spiro atoms. The molecular weight excluding hydrogens is 234 g/mol. The van der Waals surface area contributed by atoms with Crippen LogP contribution in [0.4, 0.5) is 0 Å². The Balaban J connectivity index is 0.000000288. The Morgan fingerprint density at radius 2 is 1.69 bits per heavy atom. The summed E-state index contributed by atoms with van der Waals surface area (Å²) >= 11 is 0. The number of imide groups is 1. The molecule has 16 heavy (non-hydrogen) atoms. The molecule has 6 nitrogen and oxygen atoms in total. The molecule has 0 radical (unpaired) electrons. The van der Waals surface area contributed by atoms with E-state index in [1.165, 1.54) is 0 Å². The van der Waals surface area contributed by atoms with Crippen LogP contribution in [-0.2, 0) is 19.7 Å². The third kappa shape index (κ3) is 9.60. The first-order valence-electron chi connectivity index (χ1n) is 5.13. The largest absolute Gasteiger partial charge is 0.296 e. The minimum atomic E-state index is -3.70. The van der Waals surface area contributed by atoms with Crippen molar-refractivity contribution in [2.24, 2.45) is 0 Å². The van der Waals surface area contributed by atoms with Crippen molar-refractivity contribution in [1.82, 2.24) is 5.32 Å². The van der Waals surface area contributed by atoms with Crippen molar-refractivity contribution in [1.29, 1.82) is 0 Å². The van der Waals surface area contributed by atoms with Gasteiger partial charge in [0, 0.05) is 12.8 Å². The molecule has 0 aliphatic carbocycles. The van der Waals surface area contributed by atoms with Crippen LogP contribution in [-0.4, -0.2) is 30.5 Å². The molecular formula is C9H17NO5S. The maximum Gasteiger partial charge on any atom is 0.264 e. The van der Waals surface area contributed by atoms with Crippen molar-refractivity contribution >= 4 is 21.9 Å².